The van der Waals surface area contributed by atoms with Crippen LogP contribution in [0, 0.1) is 6.92 Å². The molecule has 7 heteroatoms. The van der Waals surface area contributed by atoms with E-state index in [0.29, 0.717) is 45.6 Å². The van der Waals surface area contributed by atoms with Gasteiger partial charge in [0, 0.05) is 57.8 Å². The molecule has 2 aliphatic heterocycles. The standard InChI is InChI=1S/C22H32N2O5/c1-15-16(12-19(27-9-3-8-26-2)18-6-10-29-21(15)18)14-24(17-4-5-17)22(25)20-13-23-7-11-28-20/h12,17,20,23H,3-11,13-14H2,1-2H3/t20-/m1/s1. The molecule has 1 atom stereocenters. The fourth-order valence-electron chi connectivity index (χ4n) is 4.07. The van der Waals surface area contributed by atoms with Gasteiger partial charge in [-0.1, -0.05) is 0 Å². The summed E-state index contributed by atoms with van der Waals surface area (Å²) in [6.45, 7) is 6.59. The van der Waals surface area contributed by atoms with Crippen LogP contribution in [-0.4, -0.2) is 69.6 Å². The van der Waals surface area contributed by atoms with Crippen molar-refractivity contribution in [2.75, 3.05) is 46.6 Å². The van der Waals surface area contributed by atoms with Gasteiger partial charge < -0.3 is 29.2 Å². The van der Waals surface area contributed by atoms with Gasteiger partial charge in [0.15, 0.2) is 0 Å². The molecule has 0 aromatic heterocycles. The van der Waals surface area contributed by atoms with Crippen LogP contribution < -0.4 is 14.8 Å². The minimum absolute atomic E-state index is 0.0862. The Morgan fingerprint density at radius 3 is 2.90 bits per heavy atom. The highest BCUT2D eigenvalue weighted by molar-refractivity contribution is 5.82. The van der Waals surface area contributed by atoms with E-state index in [1.165, 1.54) is 0 Å². The molecule has 4 rings (SSSR count). The lowest BCUT2D eigenvalue weighted by molar-refractivity contribution is -0.146. The van der Waals surface area contributed by atoms with Crippen LogP contribution in [0.2, 0.25) is 0 Å². The average Bonchev–Trinajstić information content (AvgIpc) is 3.47. The molecule has 0 spiro atoms. The highest BCUT2D eigenvalue weighted by atomic mass is 16.5. The minimum atomic E-state index is -0.389. The second-order valence-electron chi connectivity index (χ2n) is 8.02. The first kappa shape index (κ1) is 20.4. The Hall–Kier alpha value is -1.83. The summed E-state index contributed by atoms with van der Waals surface area (Å²) in [6, 6.07) is 2.42. The second kappa shape index (κ2) is 9.32. The summed E-state index contributed by atoms with van der Waals surface area (Å²) in [4.78, 5) is 15.1. The van der Waals surface area contributed by atoms with Gasteiger partial charge in [0.1, 0.15) is 17.6 Å². The van der Waals surface area contributed by atoms with Crippen molar-refractivity contribution >= 4 is 5.91 Å². The summed E-state index contributed by atoms with van der Waals surface area (Å²) in [7, 11) is 1.70. The van der Waals surface area contributed by atoms with Crippen molar-refractivity contribution < 1.29 is 23.7 Å². The SMILES string of the molecule is COCCCOc1cc(CN(C(=O)[C@H]2CNCCO2)C2CC2)c(C)c2c1CCO2. The van der Waals surface area contributed by atoms with Crippen LogP contribution in [0.4, 0.5) is 0 Å². The van der Waals surface area contributed by atoms with Crippen LogP contribution in [0.25, 0.3) is 0 Å². The van der Waals surface area contributed by atoms with E-state index < -0.39 is 0 Å². The molecule has 1 N–H and O–H groups in total. The lowest BCUT2D eigenvalue weighted by Crippen LogP contribution is -2.49. The van der Waals surface area contributed by atoms with Crippen molar-refractivity contribution in [2.24, 2.45) is 0 Å². The molecule has 1 saturated heterocycles. The molecule has 1 amide bonds. The maximum Gasteiger partial charge on any atom is 0.253 e. The van der Waals surface area contributed by atoms with Crippen LogP contribution in [0.3, 0.4) is 0 Å². The average molecular weight is 405 g/mol. The first-order chi connectivity index (χ1) is 14.2. The van der Waals surface area contributed by atoms with Crippen molar-refractivity contribution in [2.45, 2.75) is 51.3 Å². The van der Waals surface area contributed by atoms with Gasteiger partial charge in [-0.25, -0.2) is 0 Å². The smallest absolute Gasteiger partial charge is 0.253 e. The van der Waals surface area contributed by atoms with Crippen molar-refractivity contribution in [3.8, 4) is 11.5 Å². The van der Waals surface area contributed by atoms with E-state index in [-0.39, 0.29) is 12.0 Å². The Kier molecular flexibility index (Phi) is 6.57. The molecule has 29 heavy (non-hydrogen) atoms. The molecule has 0 radical (unpaired) electrons. The highest BCUT2D eigenvalue weighted by Gasteiger charge is 2.37. The molecule has 3 aliphatic rings. The number of nitrogens with one attached hydrogen (secondary N) is 1. The molecule has 0 bridgehead atoms. The van der Waals surface area contributed by atoms with Crippen molar-refractivity contribution in [3.63, 3.8) is 0 Å². The number of benzene rings is 1. The first-order valence-corrected chi connectivity index (χ1v) is 10.7. The Morgan fingerprint density at radius 2 is 2.17 bits per heavy atom. The van der Waals surface area contributed by atoms with Gasteiger partial charge in [-0.3, -0.25) is 4.79 Å². The summed E-state index contributed by atoms with van der Waals surface area (Å²) in [5, 5.41) is 3.26. The number of nitrogens with zero attached hydrogens (tertiary/aromatic N) is 1. The van der Waals surface area contributed by atoms with Crippen molar-refractivity contribution in [1.82, 2.24) is 10.2 Å². The van der Waals surface area contributed by atoms with E-state index in [0.717, 1.165) is 60.4 Å². The van der Waals surface area contributed by atoms with E-state index in [2.05, 4.69) is 18.3 Å². The number of ether oxygens (including phenoxy) is 4. The fourth-order valence-corrected chi connectivity index (χ4v) is 4.07. The summed E-state index contributed by atoms with van der Waals surface area (Å²) >= 11 is 0. The summed E-state index contributed by atoms with van der Waals surface area (Å²) in [5.41, 5.74) is 3.35. The van der Waals surface area contributed by atoms with E-state index >= 15 is 0 Å². The Bertz CT molecular complexity index is 728. The maximum absolute atomic E-state index is 13.1. The molecule has 2 fully saturated rings. The van der Waals surface area contributed by atoms with Gasteiger partial charge in [0.25, 0.3) is 5.91 Å². The Morgan fingerprint density at radius 1 is 1.31 bits per heavy atom. The first-order valence-electron chi connectivity index (χ1n) is 10.7. The van der Waals surface area contributed by atoms with Crippen LogP contribution in [-0.2, 0) is 27.2 Å². The van der Waals surface area contributed by atoms with Gasteiger partial charge in [-0.05, 0) is 37.0 Å². The van der Waals surface area contributed by atoms with E-state index in [1.807, 2.05) is 4.90 Å². The minimum Gasteiger partial charge on any atom is -0.493 e. The zero-order valence-corrected chi connectivity index (χ0v) is 17.5. The second-order valence-corrected chi connectivity index (χ2v) is 8.02. The van der Waals surface area contributed by atoms with Crippen LogP contribution in [0.5, 0.6) is 11.5 Å². The Labute approximate surface area is 172 Å². The number of morpholine rings is 1. The molecule has 7 nitrogen and oxygen atoms in total. The quantitative estimate of drug-likeness (QED) is 0.634. The van der Waals surface area contributed by atoms with Gasteiger partial charge in [-0.2, -0.15) is 0 Å². The molecule has 1 aromatic rings. The topological polar surface area (TPSA) is 69.3 Å². The fraction of sp³-hybridized carbons (Fsp3) is 0.682. The summed E-state index contributed by atoms with van der Waals surface area (Å²) in [6.07, 6.45) is 3.44. The van der Waals surface area contributed by atoms with Crippen LogP contribution >= 0.6 is 0 Å². The normalized spacial score (nSPS) is 20.8. The van der Waals surface area contributed by atoms with E-state index in [4.69, 9.17) is 18.9 Å². The molecule has 0 unspecified atom stereocenters. The lowest BCUT2D eigenvalue weighted by atomic mass is 10.0. The summed E-state index contributed by atoms with van der Waals surface area (Å²) < 4.78 is 22.9. The number of fused-ring (bicyclic) bond motifs is 1. The number of carbonyl (C=O) groups is 1. The maximum atomic E-state index is 13.1. The van der Waals surface area contributed by atoms with Crippen LogP contribution in [0.1, 0.15) is 36.0 Å². The molecular weight excluding hydrogens is 372 g/mol. The molecular formula is C22H32N2O5. The third-order valence-corrected chi connectivity index (χ3v) is 5.86. The number of methoxy groups -OCH3 is 1. The predicted octanol–water partition coefficient (Wildman–Crippen LogP) is 1.82. The third kappa shape index (κ3) is 4.68. The van der Waals surface area contributed by atoms with Gasteiger partial charge in [-0.15, -0.1) is 0 Å². The van der Waals surface area contributed by atoms with Gasteiger partial charge in [0.2, 0.25) is 0 Å². The lowest BCUT2D eigenvalue weighted by Gasteiger charge is -2.30. The third-order valence-electron chi connectivity index (χ3n) is 5.86. The molecule has 2 heterocycles. The van der Waals surface area contributed by atoms with Gasteiger partial charge >= 0.3 is 0 Å². The number of carbonyl (C=O) groups excluding carboxylic acids is 1. The molecule has 1 saturated carbocycles. The number of hydrogen-bond acceptors (Lipinski definition) is 6. The zero-order valence-electron chi connectivity index (χ0n) is 17.5. The summed E-state index contributed by atoms with van der Waals surface area (Å²) in [5.74, 6) is 1.90. The molecule has 160 valence electrons. The van der Waals surface area contributed by atoms with Gasteiger partial charge in [0.05, 0.1) is 19.8 Å². The number of amides is 1. The Balaban J connectivity index is 1.53. The largest absolute Gasteiger partial charge is 0.493 e. The van der Waals surface area contributed by atoms with Crippen LogP contribution in [0.15, 0.2) is 6.07 Å². The number of rotatable bonds is 9. The van der Waals surface area contributed by atoms with Crippen molar-refractivity contribution in [3.05, 3.63) is 22.8 Å². The highest BCUT2D eigenvalue weighted by Crippen LogP contribution is 2.40. The van der Waals surface area contributed by atoms with E-state index in [9.17, 15) is 4.79 Å². The molecule has 1 aromatic carbocycles. The number of hydrogen-bond donors (Lipinski definition) is 1. The monoisotopic (exact) mass is 404 g/mol. The van der Waals surface area contributed by atoms with Crippen molar-refractivity contribution in [1.29, 1.82) is 0 Å². The van der Waals surface area contributed by atoms with E-state index in [1.54, 1.807) is 7.11 Å². The predicted molar refractivity (Wildman–Crippen MR) is 109 cm³/mol. The zero-order chi connectivity index (χ0) is 20.2. The molecule has 1 aliphatic carbocycles.